The van der Waals surface area contributed by atoms with Crippen molar-refractivity contribution >= 4 is 27.8 Å². The van der Waals surface area contributed by atoms with Crippen molar-refractivity contribution in [1.82, 2.24) is 4.90 Å². The highest BCUT2D eigenvalue weighted by Crippen LogP contribution is 2.39. The predicted molar refractivity (Wildman–Crippen MR) is 66.8 cm³/mol. The molecule has 1 aliphatic heterocycles. The number of allylic oxidation sites excluding steroid dienone is 1. The lowest BCUT2D eigenvalue weighted by molar-refractivity contribution is -0.147. The molecular formula is C12H16BrNO3. The Hall–Kier alpha value is -0.840. The molecule has 2 aliphatic rings. The number of carbonyl (C=O) groups excluding carboxylic acids is 1. The molecular weight excluding hydrogens is 286 g/mol. The van der Waals surface area contributed by atoms with E-state index in [9.17, 15) is 14.7 Å². The van der Waals surface area contributed by atoms with Crippen molar-refractivity contribution in [1.29, 1.82) is 0 Å². The molecule has 0 aromatic heterocycles. The summed E-state index contributed by atoms with van der Waals surface area (Å²) in [4.78, 5) is 24.5. The van der Waals surface area contributed by atoms with Crippen molar-refractivity contribution in [2.75, 3.05) is 0 Å². The van der Waals surface area contributed by atoms with Crippen molar-refractivity contribution in [2.24, 2.45) is 0 Å². The number of alkyl halides is 1. The first-order valence-electron chi connectivity index (χ1n) is 5.93. The molecule has 0 unspecified atom stereocenters. The van der Waals surface area contributed by atoms with E-state index in [0.29, 0.717) is 6.42 Å². The number of aliphatic carboxylic acids is 1. The minimum atomic E-state index is -0.902. The van der Waals surface area contributed by atoms with Crippen LogP contribution >= 0.6 is 15.9 Å². The molecule has 0 saturated heterocycles. The zero-order valence-corrected chi connectivity index (χ0v) is 11.4. The SMILES string of the molecule is C[C@@H](Br)C(=O)N1C2=C(CCCC2)C[C@H]1C(=O)O. The van der Waals surface area contributed by atoms with Crippen LogP contribution in [0.15, 0.2) is 11.3 Å². The number of carboxylic acids is 1. The summed E-state index contributed by atoms with van der Waals surface area (Å²) in [5, 5.41) is 9.23. The van der Waals surface area contributed by atoms with Crippen molar-refractivity contribution < 1.29 is 14.7 Å². The van der Waals surface area contributed by atoms with Gasteiger partial charge in [-0.15, -0.1) is 0 Å². The number of hydrogen-bond acceptors (Lipinski definition) is 2. The van der Waals surface area contributed by atoms with Gasteiger partial charge >= 0.3 is 5.97 Å². The topological polar surface area (TPSA) is 57.6 Å². The van der Waals surface area contributed by atoms with Gasteiger partial charge in [0.15, 0.2) is 0 Å². The number of hydrogen-bond donors (Lipinski definition) is 1. The molecule has 4 nitrogen and oxygen atoms in total. The summed E-state index contributed by atoms with van der Waals surface area (Å²) in [7, 11) is 0. The highest BCUT2D eigenvalue weighted by atomic mass is 79.9. The summed E-state index contributed by atoms with van der Waals surface area (Å²) in [5.41, 5.74) is 2.14. The Morgan fingerprint density at radius 1 is 1.41 bits per heavy atom. The van der Waals surface area contributed by atoms with Crippen LogP contribution in [-0.4, -0.2) is 32.8 Å². The predicted octanol–water partition coefficient (Wildman–Crippen LogP) is 2.28. The maximum atomic E-state index is 12.1. The molecule has 1 aliphatic carbocycles. The third kappa shape index (κ3) is 2.25. The van der Waals surface area contributed by atoms with Crippen molar-refractivity contribution in [2.45, 2.75) is 49.9 Å². The van der Waals surface area contributed by atoms with Gasteiger partial charge in [-0.1, -0.05) is 15.9 Å². The molecule has 2 atom stereocenters. The molecule has 0 radical (unpaired) electrons. The highest BCUT2D eigenvalue weighted by Gasteiger charge is 2.41. The fraction of sp³-hybridized carbons (Fsp3) is 0.667. The Kier molecular flexibility index (Phi) is 3.56. The summed E-state index contributed by atoms with van der Waals surface area (Å²) >= 11 is 3.24. The molecule has 0 fully saturated rings. The lowest BCUT2D eigenvalue weighted by atomic mass is 9.96. The molecule has 0 aromatic rings. The Morgan fingerprint density at radius 2 is 2.06 bits per heavy atom. The van der Waals surface area contributed by atoms with Crippen molar-refractivity contribution in [3.63, 3.8) is 0 Å². The molecule has 2 rings (SSSR count). The second-order valence-corrected chi connectivity index (χ2v) is 6.01. The molecule has 0 spiro atoms. The van der Waals surface area contributed by atoms with Gasteiger partial charge in [-0.25, -0.2) is 4.79 Å². The number of amides is 1. The minimum absolute atomic E-state index is 0.135. The van der Waals surface area contributed by atoms with Gasteiger partial charge in [0.1, 0.15) is 6.04 Å². The minimum Gasteiger partial charge on any atom is -0.480 e. The van der Waals surface area contributed by atoms with Gasteiger partial charge in [-0.3, -0.25) is 4.79 Å². The smallest absolute Gasteiger partial charge is 0.327 e. The van der Waals surface area contributed by atoms with E-state index < -0.39 is 12.0 Å². The van der Waals surface area contributed by atoms with E-state index in [0.717, 1.165) is 31.4 Å². The summed E-state index contributed by atoms with van der Waals surface area (Å²) in [6.07, 6.45) is 4.45. The van der Waals surface area contributed by atoms with Gasteiger partial charge in [0.25, 0.3) is 0 Å². The molecule has 0 bridgehead atoms. The van der Waals surface area contributed by atoms with Crippen LogP contribution in [0.4, 0.5) is 0 Å². The van der Waals surface area contributed by atoms with Crippen molar-refractivity contribution in [3.05, 3.63) is 11.3 Å². The Balaban J connectivity index is 2.31. The van der Waals surface area contributed by atoms with E-state index in [4.69, 9.17) is 0 Å². The van der Waals surface area contributed by atoms with E-state index in [1.807, 2.05) is 0 Å². The number of rotatable bonds is 2. The van der Waals surface area contributed by atoms with Crippen LogP contribution in [0.2, 0.25) is 0 Å². The van der Waals surface area contributed by atoms with E-state index in [1.165, 1.54) is 10.5 Å². The van der Waals surface area contributed by atoms with Gasteiger partial charge in [-0.2, -0.15) is 0 Å². The molecule has 1 N–H and O–H groups in total. The zero-order chi connectivity index (χ0) is 12.6. The molecule has 17 heavy (non-hydrogen) atoms. The van der Waals surface area contributed by atoms with Crippen LogP contribution in [0.25, 0.3) is 0 Å². The first-order valence-corrected chi connectivity index (χ1v) is 6.84. The van der Waals surface area contributed by atoms with Gasteiger partial charge in [0.05, 0.1) is 4.83 Å². The molecule has 5 heteroatoms. The van der Waals surface area contributed by atoms with Crippen LogP contribution in [-0.2, 0) is 9.59 Å². The zero-order valence-electron chi connectivity index (χ0n) is 9.78. The standard InChI is InChI=1S/C12H16BrNO3/c1-7(13)11(15)14-9-5-3-2-4-8(9)6-10(14)12(16)17/h7,10H,2-6H2,1H3,(H,16,17)/t7-,10+/m1/s1. The normalized spacial score (nSPS) is 25.8. The molecule has 1 amide bonds. The van der Waals surface area contributed by atoms with Crippen LogP contribution < -0.4 is 0 Å². The van der Waals surface area contributed by atoms with Crippen LogP contribution in [0.1, 0.15) is 39.0 Å². The second kappa shape index (κ2) is 4.80. The molecule has 0 aromatic carbocycles. The average Bonchev–Trinajstić information content (AvgIpc) is 2.67. The second-order valence-electron chi connectivity index (χ2n) is 4.64. The van der Waals surface area contributed by atoms with Crippen LogP contribution in [0.3, 0.4) is 0 Å². The summed E-state index contributed by atoms with van der Waals surface area (Å²) in [6.45, 7) is 1.74. The third-order valence-corrected chi connectivity index (χ3v) is 3.85. The number of carbonyl (C=O) groups is 2. The fourth-order valence-electron chi connectivity index (χ4n) is 2.65. The first kappa shape index (κ1) is 12.6. The highest BCUT2D eigenvalue weighted by molar-refractivity contribution is 9.10. The Morgan fingerprint density at radius 3 is 2.65 bits per heavy atom. The summed E-state index contributed by atoms with van der Waals surface area (Å²) in [6, 6.07) is -0.689. The first-order chi connectivity index (χ1) is 8.02. The van der Waals surface area contributed by atoms with E-state index in [1.54, 1.807) is 6.92 Å². The van der Waals surface area contributed by atoms with Gasteiger partial charge in [0.2, 0.25) is 5.91 Å². The van der Waals surface area contributed by atoms with E-state index in [2.05, 4.69) is 15.9 Å². The number of halogens is 1. The Labute approximate surface area is 109 Å². The maximum Gasteiger partial charge on any atom is 0.327 e. The summed E-state index contributed by atoms with van der Waals surface area (Å²) < 4.78 is 0. The van der Waals surface area contributed by atoms with Crippen LogP contribution in [0, 0.1) is 0 Å². The maximum absolute atomic E-state index is 12.1. The molecule has 0 saturated carbocycles. The van der Waals surface area contributed by atoms with E-state index in [-0.39, 0.29) is 10.7 Å². The largest absolute Gasteiger partial charge is 0.480 e. The van der Waals surface area contributed by atoms with Crippen molar-refractivity contribution in [3.8, 4) is 0 Å². The quantitative estimate of drug-likeness (QED) is 0.796. The lowest BCUT2D eigenvalue weighted by Gasteiger charge is -2.27. The van der Waals surface area contributed by atoms with Gasteiger partial charge < -0.3 is 10.0 Å². The fourth-order valence-corrected chi connectivity index (χ4v) is 2.87. The summed E-state index contributed by atoms with van der Waals surface area (Å²) in [5.74, 6) is -1.04. The van der Waals surface area contributed by atoms with Gasteiger partial charge in [0, 0.05) is 12.1 Å². The monoisotopic (exact) mass is 301 g/mol. The van der Waals surface area contributed by atoms with Crippen LogP contribution in [0.5, 0.6) is 0 Å². The lowest BCUT2D eigenvalue weighted by Crippen LogP contribution is -2.43. The number of carboxylic acid groups (broad SMARTS) is 1. The number of nitrogens with zero attached hydrogens (tertiary/aromatic N) is 1. The molecule has 1 heterocycles. The van der Waals surface area contributed by atoms with E-state index >= 15 is 0 Å². The Bertz CT molecular complexity index is 389. The molecule has 94 valence electrons. The third-order valence-electron chi connectivity index (χ3n) is 3.46. The van der Waals surface area contributed by atoms with Gasteiger partial charge in [-0.05, 0) is 38.2 Å². The average molecular weight is 302 g/mol.